The topological polar surface area (TPSA) is 54.1 Å². The van der Waals surface area contributed by atoms with Crippen LogP contribution in [0.3, 0.4) is 0 Å². The molecule has 4 heteroatoms. The molecular formula is C15H20N2O2. The molecule has 2 N–H and O–H groups in total. The standard InChI is InChI=1S/C15H20N2O2/c1-19-10-9-16-15(18)8-4-5-12-11-17-14-7-3-2-6-13(12)14/h2-3,6-7,11,17H,4-5,8-10H2,1H3,(H,16,18). The van der Waals surface area contributed by atoms with Crippen LogP contribution in [0.25, 0.3) is 10.9 Å². The third-order valence-corrected chi connectivity index (χ3v) is 3.15. The zero-order chi connectivity index (χ0) is 13.5. The second-order valence-electron chi connectivity index (χ2n) is 4.56. The lowest BCUT2D eigenvalue weighted by Crippen LogP contribution is -2.26. The summed E-state index contributed by atoms with van der Waals surface area (Å²) in [6, 6.07) is 8.24. The molecule has 0 saturated carbocycles. The van der Waals surface area contributed by atoms with E-state index < -0.39 is 0 Å². The number of carbonyl (C=O) groups is 1. The fourth-order valence-electron chi connectivity index (χ4n) is 2.16. The zero-order valence-electron chi connectivity index (χ0n) is 11.2. The summed E-state index contributed by atoms with van der Waals surface area (Å²) in [4.78, 5) is 14.8. The second-order valence-corrected chi connectivity index (χ2v) is 4.56. The highest BCUT2D eigenvalue weighted by Gasteiger charge is 2.04. The number of H-pyrrole nitrogens is 1. The molecule has 1 amide bonds. The molecule has 0 unspecified atom stereocenters. The number of hydrogen-bond donors (Lipinski definition) is 2. The highest BCUT2D eigenvalue weighted by Crippen LogP contribution is 2.19. The summed E-state index contributed by atoms with van der Waals surface area (Å²) in [5.41, 5.74) is 2.43. The van der Waals surface area contributed by atoms with Gasteiger partial charge in [-0.2, -0.15) is 0 Å². The molecule has 1 aromatic heterocycles. The summed E-state index contributed by atoms with van der Waals surface area (Å²) in [7, 11) is 1.63. The van der Waals surface area contributed by atoms with E-state index in [4.69, 9.17) is 4.74 Å². The van der Waals surface area contributed by atoms with Crippen LogP contribution < -0.4 is 5.32 Å². The number of para-hydroxylation sites is 1. The van der Waals surface area contributed by atoms with E-state index in [1.807, 2.05) is 18.3 Å². The van der Waals surface area contributed by atoms with Crippen molar-refractivity contribution in [1.29, 1.82) is 0 Å². The van der Waals surface area contributed by atoms with Gasteiger partial charge in [0.25, 0.3) is 0 Å². The molecular weight excluding hydrogens is 240 g/mol. The number of fused-ring (bicyclic) bond motifs is 1. The van der Waals surface area contributed by atoms with Gasteiger partial charge in [-0.05, 0) is 24.5 Å². The van der Waals surface area contributed by atoms with Crippen LogP contribution in [0.5, 0.6) is 0 Å². The number of aromatic amines is 1. The van der Waals surface area contributed by atoms with Gasteiger partial charge in [0.15, 0.2) is 0 Å². The molecule has 0 fully saturated rings. The number of amides is 1. The molecule has 0 atom stereocenters. The third kappa shape index (κ3) is 3.83. The Kier molecular flexibility index (Phi) is 4.98. The smallest absolute Gasteiger partial charge is 0.220 e. The fraction of sp³-hybridized carbons (Fsp3) is 0.400. The first kappa shape index (κ1) is 13.6. The van der Waals surface area contributed by atoms with Crippen molar-refractivity contribution in [2.24, 2.45) is 0 Å². The molecule has 0 bridgehead atoms. The van der Waals surface area contributed by atoms with Crippen LogP contribution in [0.4, 0.5) is 0 Å². The molecule has 2 rings (SSSR count). The first-order valence-electron chi connectivity index (χ1n) is 6.62. The van der Waals surface area contributed by atoms with E-state index in [1.54, 1.807) is 7.11 Å². The maximum atomic E-state index is 11.5. The largest absolute Gasteiger partial charge is 0.383 e. The highest BCUT2D eigenvalue weighted by molar-refractivity contribution is 5.83. The van der Waals surface area contributed by atoms with Crippen molar-refractivity contribution in [3.05, 3.63) is 36.0 Å². The normalized spacial score (nSPS) is 10.8. The van der Waals surface area contributed by atoms with Crippen LogP contribution in [0, 0.1) is 0 Å². The van der Waals surface area contributed by atoms with Crippen LogP contribution in [0.1, 0.15) is 18.4 Å². The first-order chi connectivity index (χ1) is 9.31. The lowest BCUT2D eigenvalue weighted by molar-refractivity contribution is -0.121. The molecule has 0 aliphatic heterocycles. The molecule has 19 heavy (non-hydrogen) atoms. The van der Waals surface area contributed by atoms with Crippen LogP contribution in [0.15, 0.2) is 30.5 Å². The van der Waals surface area contributed by atoms with Gasteiger partial charge >= 0.3 is 0 Å². The quantitative estimate of drug-likeness (QED) is 0.750. The van der Waals surface area contributed by atoms with Gasteiger partial charge in [0.1, 0.15) is 0 Å². The second kappa shape index (κ2) is 6.95. The molecule has 0 aliphatic rings. The van der Waals surface area contributed by atoms with Gasteiger partial charge in [0.05, 0.1) is 6.61 Å². The van der Waals surface area contributed by atoms with E-state index in [1.165, 1.54) is 10.9 Å². The molecule has 0 aliphatic carbocycles. The molecule has 0 spiro atoms. The summed E-state index contributed by atoms with van der Waals surface area (Å²) in [6.45, 7) is 1.15. The van der Waals surface area contributed by atoms with Gasteiger partial charge in [-0.15, -0.1) is 0 Å². The lowest BCUT2D eigenvalue weighted by atomic mass is 10.1. The molecule has 0 saturated heterocycles. The number of nitrogens with one attached hydrogen (secondary N) is 2. The van der Waals surface area contributed by atoms with E-state index in [-0.39, 0.29) is 5.91 Å². The minimum Gasteiger partial charge on any atom is -0.383 e. The van der Waals surface area contributed by atoms with Gasteiger partial charge < -0.3 is 15.0 Å². The van der Waals surface area contributed by atoms with Crippen molar-refractivity contribution >= 4 is 16.8 Å². The highest BCUT2D eigenvalue weighted by atomic mass is 16.5. The Labute approximate surface area is 113 Å². The van der Waals surface area contributed by atoms with Crippen LogP contribution >= 0.6 is 0 Å². The summed E-state index contributed by atoms with van der Waals surface area (Å²) < 4.78 is 4.88. The predicted molar refractivity (Wildman–Crippen MR) is 76.1 cm³/mol. The Balaban J connectivity index is 1.78. The number of carbonyl (C=O) groups excluding carboxylic acids is 1. The zero-order valence-corrected chi connectivity index (χ0v) is 11.2. The van der Waals surface area contributed by atoms with Crippen molar-refractivity contribution in [2.75, 3.05) is 20.3 Å². The Morgan fingerprint density at radius 3 is 3.05 bits per heavy atom. The van der Waals surface area contributed by atoms with Crippen molar-refractivity contribution in [1.82, 2.24) is 10.3 Å². The summed E-state index contributed by atoms with van der Waals surface area (Å²) >= 11 is 0. The van der Waals surface area contributed by atoms with E-state index in [2.05, 4.69) is 22.4 Å². The van der Waals surface area contributed by atoms with Crippen molar-refractivity contribution in [3.8, 4) is 0 Å². The Bertz CT molecular complexity index is 534. The Morgan fingerprint density at radius 2 is 2.21 bits per heavy atom. The Hall–Kier alpha value is -1.81. The summed E-state index contributed by atoms with van der Waals surface area (Å²) in [5.74, 6) is 0.0943. The molecule has 2 aromatic rings. The third-order valence-electron chi connectivity index (χ3n) is 3.15. The van der Waals surface area contributed by atoms with Crippen LogP contribution in [-0.2, 0) is 16.0 Å². The number of aryl methyl sites for hydroxylation is 1. The minimum atomic E-state index is 0.0943. The fourth-order valence-corrected chi connectivity index (χ4v) is 2.16. The summed E-state index contributed by atoms with van der Waals surface area (Å²) in [5, 5.41) is 4.08. The first-order valence-corrected chi connectivity index (χ1v) is 6.62. The predicted octanol–water partition coefficient (Wildman–Crippen LogP) is 2.25. The van der Waals surface area contributed by atoms with Crippen molar-refractivity contribution in [2.45, 2.75) is 19.3 Å². The molecule has 1 heterocycles. The maximum absolute atomic E-state index is 11.5. The van der Waals surface area contributed by atoms with E-state index in [0.717, 1.165) is 18.4 Å². The van der Waals surface area contributed by atoms with Gasteiger partial charge in [-0.25, -0.2) is 0 Å². The lowest BCUT2D eigenvalue weighted by Gasteiger charge is -2.04. The molecule has 4 nitrogen and oxygen atoms in total. The summed E-state index contributed by atoms with van der Waals surface area (Å²) in [6.07, 6.45) is 4.37. The monoisotopic (exact) mass is 260 g/mol. The number of methoxy groups -OCH3 is 1. The molecule has 1 aromatic carbocycles. The minimum absolute atomic E-state index is 0.0943. The SMILES string of the molecule is COCCNC(=O)CCCc1c[nH]c2ccccc12. The number of ether oxygens (including phenoxy) is 1. The van der Waals surface area contributed by atoms with E-state index >= 15 is 0 Å². The number of hydrogen-bond acceptors (Lipinski definition) is 2. The van der Waals surface area contributed by atoms with E-state index in [9.17, 15) is 4.79 Å². The van der Waals surface area contributed by atoms with Gasteiger partial charge in [-0.3, -0.25) is 4.79 Å². The van der Waals surface area contributed by atoms with Crippen molar-refractivity contribution < 1.29 is 9.53 Å². The maximum Gasteiger partial charge on any atom is 0.220 e. The van der Waals surface area contributed by atoms with Crippen molar-refractivity contribution in [3.63, 3.8) is 0 Å². The van der Waals surface area contributed by atoms with E-state index in [0.29, 0.717) is 19.6 Å². The Morgan fingerprint density at radius 1 is 1.37 bits per heavy atom. The van der Waals surface area contributed by atoms with Crippen LogP contribution in [-0.4, -0.2) is 31.2 Å². The number of benzene rings is 1. The average molecular weight is 260 g/mol. The molecule has 102 valence electrons. The number of aromatic nitrogens is 1. The van der Waals surface area contributed by atoms with Gasteiger partial charge in [0.2, 0.25) is 5.91 Å². The average Bonchev–Trinajstić information content (AvgIpc) is 2.83. The van der Waals surface area contributed by atoms with Gasteiger partial charge in [0, 0.05) is 37.2 Å². The number of rotatable bonds is 7. The van der Waals surface area contributed by atoms with Gasteiger partial charge in [-0.1, -0.05) is 18.2 Å². The molecule has 0 radical (unpaired) electrons. The van der Waals surface area contributed by atoms with Crippen LogP contribution in [0.2, 0.25) is 0 Å².